The number of carbonyl (C=O) groups is 2. The zero-order valence-electron chi connectivity index (χ0n) is 12.1. The number of amides is 1. The number of allylic oxidation sites excluding steroid dienone is 4. The molecule has 0 spiro atoms. The molecule has 1 aliphatic carbocycles. The standard InChI is InChI=1S/C15H10Cl2N2O4/c1-7-11(16)14(20)12(17)8(2)13(7)18-15(21)9-3-5-10(6-4-9)19(22)23/h3-6H,1-2H3. The molecule has 0 heterocycles. The Morgan fingerprint density at radius 3 is 2.00 bits per heavy atom. The van der Waals surface area contributed by atoms with Gasteiger partial charge in [-0.15, -0.1) is 0 Å². The van der Waals surface area contributed by atoms with Crippen molar-refractivity contribution in [2.45, 2.75) is 13.8 Å². The fourth-order valence-corrected chi connectivity index (χ4v) is 2.40. The summed E-state index contributed by atoms with van der Waals surface area (Å²) in [5.74, 6) is -1.12. The van der Waals surface area contributed by atoms with Crippen LogP contribution in [-0.2, 0) is 4.79 Å². The van der Waals surface area contributed by atoms with Gasteiger partial charge in [-0.3, -0.25) is 19.7 Å². The molecule has 0 radical (unpaired) electrons. The van der Waals surface area contributed by atoms with E-state index in [9.17, 15) is 19.7 Å². The highest BCUT2D eigenvalue weighted by atomic mass is 35.5. The maximum atomic E-state index is 12.2. The molecule has 6 nitrogen and oxygen atoms in total. The summed E-state index contributed by atoms with van der Waals surface area (Å²) >= 11 is 11.8. The van der Waals surface area contributed by atoms with Crippen molar-refractivity contribution in [3.63, 3.8) is 0 Å². The van der Waals surface area contributed by atoms with Crippen LogP contribution in [0.2, 0.25) is 0 Å². The highest BCUT2D eigenvalue weighted by Crippen LogP contribution is 2.30. The van der Waals surface area contributed by atoms with Crippen LogP contribution in [0.4, 0.5) is 5.69 Å². The predicted octanol–water partition coefficient (Wildman–Crippen LogP) is 3.78. The van der Waals surface area contributed by atoms with Crippen LogP contribution < -0.4 is 0 Å². The molecule has 1 aliphatic rings. The number of benzene rings is 1. The van der Waals surface area contributed by atoms with Crippen LogP contribution in [0.1, 0.15) is 24.2 Å². The normalized spacial score (nSPS) is 15.1. The third-order valence-electron chi connectivity index (χ3n) is 3.31. The predicted molar refractivity (Wildman–Crippen MR) is 87.0 cm³/mol. The maximum absolute atomic E-state index is 12.2. The molecule has 8 heteroatoms. The number of non-ortho nitro benzene ring substituents is 1. The minimum Gasteiger partial charge on any atom is -0.287 e. The van der Waals surface area contributed by atoms with E-state index in [0.717, 1.165) is 0 Å². The Balaban J connectivity index is 2.42. The molecule has 1 aromatic carbocycles. The zero-order valence-corrected chi connectivity index (χ0v) is 13.6. The van der Waals surface area contributed by atoms with Crippen molar-refractivity contribution in [1.29, 1.82) is 0 Å². The first-order valence-electron chi connectivity index (χ1n) is 6.39. The summed E-state index contributed by atoms with van der Waals surface area (Å²) in [5.41, 5.74) is 0.981. The largest absolute Gasteiger partial charge is 0.287 e. The molecule has 118 valence electrons. The molecular formula is C15H10Cl2N2O4. The highest BCUT2D eigenvalue weighted by molar-refractivity contribution is 6.59. The Hall–Kier alpha value is -2.31. The Kier molecular flexibility index (Phi) is 4.77. The van der Waals surface area contributed by atoms with Crippen molar-refractivity contribution in [3.05, 3.63) is 61.2 Å². The first-order chi connectivity index (χ1) is 10.7. The quantitative estimate of drug-likeness (QED) is 0.460. The minimum atomic E-state index is -0.614. The molecule has 0 unspecified atom stereocenters. The molecule has 0 fully saturated rings. The summed E-state index contributed by atoms with van der Waals surface area (Å²) in [6.07, 6.45) is 0. The van der Waals surface area contributed by atoms with Gasteiger partial charge in [0.15, 0.2) is 0 Å². The highest BCUT2D eigenvalue weighted by Gasteiger charge is 2.27. The van der Waals surface area contributed by atoms with E-state index in [0.29, 0.717) is 11.1 Å². The number of hydrogen-bond donors (Lipinski definition) is 0. The molecule has 0 saturated carbocycles. The van der Waals surface area contributed by atoms with Crippen molar-refractivity contribution < 1.29 is 14.5 Å². The van der Waals surface area contributed by atoms with Crippen molar-refractivity contribution >= 4 is 46.3 Å². The Bertz CT molecular complexity index is 790. The zero-order chi connectivity index (χ0) is 17.3. The van der Waals surface area contributed by atoms with Gasteiger partial charge in [-0.1, -0.05) is 23.2 Å². The van der Waals surface area contributed by atoms with E-state index >= 15 is 0 Å². The summed E-state index contributed by atoms with van der Waals surface area (Å²) in [5, 5.41) is 10.4. The molecule has 0 saturated heterocycles. The Morgan fingerprint density at radius 1 is 1.09 bits per heavy atom. The molecule has 0 bridgehead atoms. The molecule has 1 amide bonds. The van der Waals surface area contributed by atoms with E-state index in [4.69, 9.17) is 23.2 Å². The van der Waals surface area contributed by atoms with Crippen molar-refractivity contribution in [1.82, 2.24) is 0 Å². The van der Waals surface area contributed by atoms with Crippen LogP contribution in [0.5, 0.6) is 0 Å². The second kappa shape index (κ2) is 6.44. The second-order valence-electron chi connectivity index (χ2n) is 4.78. The minimum absolute atomic E-state index is 0.0872. The Labute approximate surface area is 141 Å². The van der Waals surface area contributed by atoms with Gasteiger partial charge in [0.2, 0.25) is 5.78 Å². The number of nitro benzene ring substituents is 1. The van der Waals surface area contributed by atoms with E-state index < -0.39 is 16.6 Å². The number of halogens is 2. The van der Waals surface area contributed by atoms with Crippen LogP contribution in [0.15, 0.2) is 50.5 Å². The lowest BCUT2D eigenvalue weighted by Gasteiger charge is -2.16. The van der Waals surface area contributed by atoms with Gasteiger partial charge in [0.1, 0.15) is 0 Å². The van der Waals surface area contributed by atoms with Gasteiger partial charge in [0, 0.05) is 17.7 Å². The van der Waals surface area contributed by atoms with Gasteiger partial charge >= 0.3 is 0 Å². The number of aliphatic imine (C=N–C) groups is 1. The van der Waals surface area contributed by atoms with E-state index in [1.54, 1.807) is 13.8 Å². The summed E-state index contributed by atoms with van der Waals surface area (Å²) in [6, 6.07) is 5.03. The third-order valence-corrected chi connectivity index (χ3v) is 4.22. The fourth-order valence-electron chi connectivity index (χ4n) is 1.99. The van der Waals surface area contributed by atoms with Crippen molar-refractivity contribution in [3.8, 4) is 0 Å². The lowest BCUT2D eigenvalue weighted by atomic mass is 9.96. The molecule has 1 aromatic rings. The van der Waals surface area contributed by atoms with Crippen LogP contribution in [0, 0.1) is 10.1 Å². The topological polar surface area (TPSA) is 89.6 Å². The number of hydrogen-bond acceptors (Lipinski definition) is 4. The second-order valence-corrected chi connectivity index (χ2v) is 5.53. The van der Waals surface area contributed by atoms with Crippen LogP contribution >= 0.6 is 23.2 Å². The van der Waals surface area contributed by atoms with Gasteiger partial charge < -0.3 is 0 Å². The molecular weight excluding hydrogens is 343 g/mol. The lowest BCUT2D eigenvalue weighted by Crippen LogP contribution is -2.19. The summed E-state index contributed by atoms with van der Waals surface area (Å²) in [4.78, 5) is 38.0. The van der Waals surface area contributed by atoms with Crippen LogP contribution in [0.25, 0.3) is 0 Å². The van der Waals surface area contributed by atoms with E-state index in [1.165, 1.54) is 24.3 Å². The van der Waals surface area contributed by atoms with Crippen LogP contribution in [-0.4, -0.2) is 22.3 Å². The van der Waals surface area contributed by atoms with E-state index in [1.807, 2.05) is 0 Å². The van der Waals surface area contributed by atoms with Gasteiger partial charge in [-0.2, -0.15) is 0 Å². The molecule has 0 aromatic heterocycles. The van der Waals surface area contributed by atoms with Gasteiger partial charge in [0.25, 0.3) is 11.6 Å². The van der Waals surface area contributed by atoms with Crippen molar-refractivity contribution in [2.24, 2.45) is 4.99 Å². The Morgan fingerprint density at radius 2 is 1.57 bits per heavy atom. The average molecular weight is 353 g/mol. The summed E-state index contributed by atoms with van der Waals surface area (Å²) < 4.78 is 0. The first-order valence-corrected chi connectivity index (χ1v) is 7.15. The van der Waals surface area contributed by atoms with E-state index in [2.05, 4.69) is 4.99 Å². The third kappa shape index (κ3) is 3.23. The number of nitro groups is 1. The monoisotopic (exact) mass is 352 g/mol. The van der Waals surface area contributed by atoms with E-state index in [-0.39, 0.29) is 27.0 Å². The lowest BCUT2D eigenvalue weighted by molar-refractivity contribution is -0.384. The summed E-state index contributed by atoms with van der Waals surface area (Å²) in [6.45, 7) is 3.13. The average Bonchev–Trinajstić information content (AvgIpc) is 2.55. The summed E-state index contributed by atoms with van der Waals surface area (Å²) in [7, 11) is 0. The number of ketones is 1. The molecule has 23 heavy (non-hydrogen) atoms. The van der Waals surface area contributed by atoms with Gasteiger partial charge in [0.05, 0.1) is 20.7 Å². The number of rotatable bonds is 2. The molecule has 0 N–H and O–H groups in total. The number of nitrogens with zero attached hydrogens (tertiary/aromatic N) is 2. The molecule has 0 aliphatic heterocycles. The van der Waals surface area contributed by atoms with Crippen molar-refractivity contribution in [2.75, 3.05) is 0 Å². The molecule has 2 rings (SSSR count). The number of carbonyl (C=O) groups excluding carboxylic acids is 2. The van der Waals surface area contributed by atoms with Crippen LogP contribution in [0.3, 0.4) is 0 Å². The molecule has 0 atom stereocenters. The maximum Gasteiger partial charge on any atom is 0.277 e. The first kappa shape index (κ1) is 17.1. The SMILES string of the molecule is CC1=C(Cl)C(=O)C(Cl)=C(C)C1=NC(=O)c1ccc([N+](=O)[O-])cc1. The number of Topliss-reactive ketones (excluding diaryl/α,β-unsaturated/α-hetero) is 1. The smallest absolute Gasteiger partial charge is 0.277 e. The van der Waals surface area contributed by atoms with Gasteiger partial charge in [-0.05, 0) is 37.1 Å². The fraction of sp³-hybridized carbons (Fsp3) is 0.133. The van der Waals surface area contributed by atoms with Gasteiger partial charge in [-0.25, -0.2) is 4.99 Å².